The maximum atomic E-state index is 12.6. The Labute approximate surface area is 431 Å². The van der Waals surface area contributed by atoms with Gasteiger partial charge in [0, 0.05) is 20.8 Å². The van der Waals surface area contributed by atoms with E-state index in [4.69, 9.17) is 52.1 Å². The highest BCUT2D eigenvalue weighted by molar-refractivity contribution is 5.74. The molecule has 0 aromatic heterocycles. The zero-order valence-electron chi connectivity index (χ0n) is 40.9. The molecule has 34 heteroatoms. The van der Waals surface area contributed by atoms with Gasteiger partial charge in [0.2, 0.25) is 17.7 Å². The van der Waals surface area contributed by atoms with Crippen molar-refractivity contribution in [2.45, 2.75) is 205 Å². The van der Waals surface area contributed by atoms with E-state index in [9.17, 15) is 101 Å². The van der Waals surface area contributed by atoms with Gasteiger partial charge in [0.1, 0.15) is 146 Å². The summed E-state index contributed by atoms with van der Waals surface area (Å²) < 4.78 is 63.6. The smallest absolute Gasteiger partial charge is 0.217 e. The molecule has 0 unspecified atom stereocenters. The van der Waals surface area contributed by atoms with E-state index in [2.05, 4.69) is 16.0 Å². The van der Waals surface area contributed by atoms with Gasteiger partial charge in [-0.2, -0.15) is 0 Å². The van der Waals surface area contributed by atoms with Crippen LogP contribution in [0.15, 0.2) is 0 Å². The summed E-state index contributed by atoms with van der Waals surface area (Å²) in [6.45, 7) is -2.65. The van der Waals surface area contributed by atoms with E-state index in [1.165, 1.54) is 0 Å². The number of hydrogen-bond donors (Lipinski definition) is 20. The first-order valence-electron chi connectivity index (χ1n) is 24.1. The van der Waals surface area contributed by atoms with Crippen molar-refractivity contribution in [3.63, 3.8) is 0 Å². The molecule has 6 fully saturated rings. The minimum absolute atomic E-state index is 0.721. The lowest BCUT2D eigenvalue weighted by molar-refractivity contribution is -0.387. The minimum Gasteiger partial charge on any atom is -0.394 e. The summed E-state index contributed by atoms with van der Waals surface area (Å²) in [7, 11) is 0. The zero-order chi connectivity index (χ0) is 56.2. The minimum atomic E-state index is -2.29. The quantitative estimate of drug-likeness (QED) is 0.0571. The highest BCUT2D eigenvalue weighted by atomic mass is 16.8. The van der Waals surface area contributed by atoms with E-state index in [1.807, 2.05) is 0 Å². The standard InChI is InChI=1S/C42H71N3O31/c1-10(51)43-19-27(59)33(16(7-49)67-37(19)65)73-39-21(45-12(3)53)28(60)34(17(8-50)71-39)74-41-32(64)35(75-40-31(63)29(61)23(55)14(5-47)69-40)25(57)18(72-41)9-66-42-36(30(62)24(56)15(6-48)70-42)76-38-20(44-11(2)52)26(58)22(54)13(4-46)68-38/h13-42,46-50,54-65H,4-9H2,1-3H3,(H,43,51)(H,44,52)(H,45,53)/t13-,14-,15-,16-,17-,18-,19-,20-,21-,22-,23-,24-,25-,26-,27-,28-,29+,30+,31+,32+,33-,34-,35+,36+,37-,38+,39+,40+,41-,42+/m1/s1. The summed E-state index contributed by atoms with van der Waals surface area (Å²) in [4.78, 5) is 36.7. The van der Waals surface area contributed by atoms with Crippen LogP contribution in [0.4, 0.5) is 0 Å². The third-order valence-electron chi connectivity index (χ3n) is 13.6. The second-order valence-corrected chi connectivity index (χ2v) is 19.0. The molecule has 0 aromatic rings. The van der Waals surface area contributed by atoms with Crippen LogP contribution in [0.5, 0.6) is 0 Å². The Morgan fingerprint density at radius 3 is 1.24 bits per heavy atom. The molecule has 440 valence electrons. The fourth-order valence-electron chi connectivity index (χ4n) is 9.60. The molecule has 6 saturated heterocycles. The lowest BCUT2D eigenvalue weighted by Gasteiger charge is -2.50. The molecular weight excluding hydrogens is 1040 g/mol. The molecule has 6 heterocycles. The Hall–Kier alpha value is -2.71. The predicted octanol–water partition coefficient (Wildman–Crippen LogP) is -13.7. The summed E-state index contributed by atoms with van der Waals surface area (Å²) in [6.07, 6.45) is -51.6. The van der Waals surface area contributed by atoms with Crippen molar-refractivity contribution in [1.82, 2.24) is 16.0 Å². The Balaban J connectivity index is 1.30. The second-order valence-electron chi connectivity index (χ2n) is 19.0. The number of amides is 3. The predicted molar refractivity (Wildman–Crippen MR) is 234 cm³/mol. The maximum absolute atomic E-state index is 12.6. The maximum Gasteiger partial charge on any atom is 0.217 e. The Bertz CT molecular complexity index is 1870. The van der Waals surface area contributed by atoms with Crippen LogP contribution in [0.1, 0.15) is 20.8 Å². The van der Waals surface area contributed by atoms with Gasteiger partial charge in [-0.1, -0.05) is 0 Å². The molecule has 0 aromatic carbocycles. The van der Waals surface area contributed by atoms with Crippen molar-refractivity contribution in [3.05, 3.63) is 0 Å². The fourth-order valence-corrected chi connectivity index (χ4v) is 9.60. The average molecular weight is 1110 g/mol. The molecule has 0 aliphatic carbocycles. The largest absolute Gasteiger partial charge is 0.394 e. The van der Waals surface area contributed by atoms with Gasteiger partial charge in [0.05, 0.1) is 39.6 Å². The zero-order valence-corrected chi connectivity index (χ0v) is 40.9. The summed E-state index contributed by atoms with van der Waals surface area (Å²) >= 11 is 0. The fraction of sp³-hybridized carbons (Fsp3) is 0.929. The van der Waals surface area contributed by atoms with Gasteiger partial charge in [-0.05, 0) is 0 Å². The summed E-state index contributed by atoms with van der Waals surface area (Å²) in [5.74, 6) is -2.33. The van der Waals surface area contributed by atoms with Crippen LogP contribution in [0, 0.1) is 0 Å². The van der Waals surface area contributed by atoms with Gasteiger partial charge < -0.3 is 155 Å². The molecule has 30 atom stereocenters. The molecule has 6 rings (SSSR count). The van der Waals surface area contributed by atoms with Crippen LogP contribution in [-0.2, 0) is 66.5 Å². The summed E-state index contributed by atoms with van der Waals surface area (Å²) in [5, 5.41) is 190. The molecule has 34 nitrogen and oxygen atoms in total. The molecule has 76 heavy (non-hydrogen) atoms. The number of rotatable bonds is 19. The van der Waals surface area contributed by atoms with Crippen LogP contribution in [-0.4, -0.2) is 328 Å². The van der Waals surface area contributed by atoms with E-state index in [1.54, 1.807) is 0 Å². The van der Waals surface area contributed by atoms with Crippen LogP contribution < -0.4 is 16.0 Å². The molecule has 6 aliphatic heterocycles. The first kappa shape index (κ1) is 62.5. The second kappa shape index (κ2) is 27.2. The third kappa shape index (κ3) is 13.7. The highest BCUT2D eigenvalue weighted by Gasteiger charge is 2.57. The van der Waals surface area contributed by atoms with Crippen molar-refractivity contribution >= 4 is 17.7 Å². The molecule has 0 spiro atoms. The van der Waals surface area contributed by atoms with Gasteiger partial charge in [0.15, 0.2) is 37.7 Å². The van der Waals surface area contributed by atoms with Crippen molar-refractivity contribution in [1.29, 1.82) is 0 Å². The Morgan fingerprint density at radius 2 is 0.711 bits per heavy atom. The molecule has 0 radical (unpaired) electrons. The number of nitrogens with one attached hydrogen (secondary N) is 3. The number of carbonyl (C=O) groups is 3. The monoisotopic (exact) mass is 1110 g/mol. The van der Waals surface area contributed by atoms with Crippen molar-refractivity contribution in [2.75, 3.05) is 39.6 Å². The van der Waals surface area contributed by atoms with Crippen molar-refractivity contribution < 1.29 is 153 Å². The van der Waals surface area contributed by atoms with Crippen LogP contribution in [0.25, 0.3) is 0 Å². The molecule has 20 N–H and O–H groups in total. The normalized spacial score (nSPS) is 48.2. The van der Waals surface area contributed by atoms with Crippen LogP contribution >= 0.6 is 0 Å². The lowest BCUT2D eigenvalue weighted by Crippen LogP contribution is -2.70. The van der Waals surface area contributed by atoms with Gasteiger partial charge in [-0.3, -0.25) is 14.4 Å². The van der Waals surface area contributed by atoms with Gasteiger partial charge in [-0.15, -0.1) is 0 Å². The third-order valence-corrected chi connectivity index (χ3v) is 13.6. The highest BCUT2D eigenvalue weighted by Crippen LogP contribution is 2.36. The molecular formula is C42H71N3O31. The SMILES string of the molecule is CC(=O)N[C@@H]1[C@@H](O)[C@H](O[C@@H]2O[C@H](CO)[C@@H](O[C@H]3O[C@H](CO[C@H]4O[C@H](CO)[C@@H](O)[C@H](O)[C@@H]4O[C@@H]4O[C@H](CO)[C@@H](O)[C@H](O)[C@H]4NC(C)=O)[C@@H](O)[C@H](O[C@@H]4O[C@H](CO)[C@@H](O)[C@H](O)[C@@H]4O)[C@@H]3O)[C@H](O)[C@H]2NC(C)=O)[C@@H](CO)O[C@H]1O. The molecule has 0 bridgehead atoms. The Morgan fingerprint density at radius 1 is 0.342 bits per heavy atom. The molecule has 0 saturated carbocycles. The van der Waals surface area contributed by atoms with Crippen molar-refractivity contribution in [2.24, 2.45) is 0 Å². The van der Waals surface area contributed by atoms with Crippen molar-refractivity contribution in [3.8, 4) is 0 Å². The number of hydrogen-bond acceptors (Lipinski definition) is 31. The van der Waals surface area contributed by atoms with E-state index in [0.29, 0.717) is 0 Å². The van der Waals surface area contributed by atoms with E-state index < -0.39 is 241 Å². The average Bonchev–Trinajstić information content (AvgIpc) is 3.38. The van der Waals surface area contributed by atoms with Gasteiger partial charge in [-0.25, -0.2) is 0 Å². The number of aliphatic hydroxyl groups is 17. The molecule has 6 aliphatic rings. The van der Waals surface area contributed by atoms with Gasteiger partial charge >= 0.3 is 0 Å². The van der Waals surface area contributed by atoms with E-state index in [0.717, 1.165) is 20.8 Å². The first-order valence-corrected chi connectivity index (χ1v) is 24.1. The first-order chi connectivity index (χ1) is 35.9. The molecule has 3 amide bonds. The summed E-state index contributed by atoms with van der Waals surface area (Å²) in [5.41, 5.74) is 0. The van der Waals surface area contributed by atoms with E-state index >= 15 is 0 Å². The van der Waals surface area contributed by atoms with Gasteiger partial charge in [0.25, 0.3) is 0 Å². The number of aliphatic hydroxyl groups excluding tert-OH is 17. The van der Waals surface area contributed by atoms with Crippen LogP contribution in [0.2, 0.25) is 0 Å². The topological polar surface area (TPSA) is 533 Å². The number of ether oxygens (including phenoxy) is 11. The van der Waals surface area contributed by atoms with Crippen LogP contribution in [0.3, 0.4) is 0 Å². The Kier molecular flexibility index (Phi) is 22.3. The van der Waals surface area contributed by atoms with E-state index in [-0.39, 0.29) is 0 Å². The number of carbonyl (C=O) groups excluding carboxylic acids is 3. The lowest BCUT2D eigenvalue weighted by atomic mass is 9.94. The summed E-state index contributed by atoms with van der Waals surface area (Å²) in [6, 6.07) is -4.92.